The molecule has 1 N–H and O–H groups in total. The molecule has 0 spiro atoms. The highest BCUT2D eigenvalue weighted by molar-refractivity contribution is 5.83. The number of aromatic hydroxyl groups is 1. The molecule has 0 amide bonds. The van der Waals surface area contributed by atoms with Gasteiger partial charge in [-0.3, -0.25) is 9.36 Å². The predicted molar refractivity (Wildman–Crippen MR) is 73.7 cm³/mol. The van der Waals surface area contributed by atoms with Gasteiger partial charge in [-0.1, -0.05) is 18.2 Å². The Morgan fingerprint density at radius 2 is 1.84 bits per heavy atom. The summed E-state index contributed by atoms with van der Waals surface area (Å²) in [4.78, 5) is 16.5. The van der Waals surface area contributed by atoms with Crippen molar-refractivity contribution in [3.8, 4) is 11.4 Å². The lowest BCUT2D eigenvalue weighted by Crippen LogP contribution is -2.18. The van der Waals surface area contributed by atoms with Gasteiger partial charge in [-0.05, 0) is 31.2 Å². The molecular weight excluding hydrogens is 240 g/mol. The molecule has 0 unspecified atom stereocenters. The van der Waals surface area contributed by atoms with Crippen molar-refractivity contribution in [1.82, 2.24) is 9.55 Å². The second kappa shape index (κ2) is 4.24. The lowest BCUT2D eigenvalue weighted by atomic mass is 10.2. The van der Waals surface area contributed by atoms with E-state index < -0.39 is 0 Å². The highest BCUT2D eigenvalue weighted by Gasteiger charge is 2.10. The van der Waals surface area contributed by atoms with Crippen molar-refractivity contribution in [2.45, 2.75) is 6.92 Å². The maximum absolute atomic E-state index is 12.1. The number of nitrogens with zero attached hydrogens (tertiary/aromatic N) is 2. The van der Waals surface area contributed by atoms with E-state index >= 15 is 0 Å². The number of aryl methyl sites for hydroxylation is 1. The van der Waals surface area contributed by atoms with Gasteiger partial charge in [0, 0.05) is 11.8 Å². The SMILES string of the molecule is Cc1ccc2c(O)cc(=O)n(-c3ccccc3)c2n1. The number of para-hydroxylation sites is 1. The zero-order chi connectivity index (χ0) is 13.4. The van der Waals surface area contributed by atoms with Crippen LogP contribution in [0, 0.1) is 6.92 Å². The molecule has 1 aromatic carbocycles. The quantitative estimate of drug-likeness (QED) is 0.723. The van der Waals surface area contributed by atoms with Gasteiger partial charge in [-0.15, -0.1) is 0 Å². The van der Waals surface area contributed by atoms with Gasteiger partial charge in [0.1, 0.15) is 5.75 Å². The van der Waals surface area contributed by atoms with Gasteiger partial charge >= 0.3 is 0 Å². The van der Waals surface area contributed by atoms with Crippen molar-refractivity contribution in [3.05, 3.63) is 64.6 Å². The van der Waals surface area contributed by atoms with Crippen LogP contribution in [0.5, 0.6) is 5.75 Å². The van der Waals surface area contributed by atoms with Crippen LogP contribution in [0.25, 0.3) is 16.7 Å². The molecule has 0 bridgehead atoms. The van der Waals surface area contributed by atoms with Crippen LogP contribution < -0.4 is 5.56 Å². The highest BCUT2D eigenvalue weighted by atomic mass is 16.3. The Kier molecular flexibility index (Phi) is 2.56. The Morgan fingerprint density at radius 3 is 2.58 bits per heavy atom. The largest absolute Gasteiger partial charge is 0.507 e. The van der Waals surface area contributed by atoms with E-state index in [-0.39, 0.29) is 11.3 Å². The first-order valence-electron chi connectivity index (χ1n) is 5.94. The number of benzene rings is 1. The molecule has 0 saturated carbocycles. The minimum atomic E-state index is -0.297. The van der Waals surface area contributed by atoms with E-state index in [1.54, 1.807) is 6.07 Å². The maximum atomic E-state index is 12.1. The summed E-state index contributed by atoms with van der Waals surface area (Å²) in [5.74, 6) is -0.0420. The van der Waals surface area contributed by atoms with Gasteiger partial charge in [0.2, 0.25) is 0 Å². The maximum Gasteiger partial charge on any atom is 0.260 e. The third-order valence-corrected chi connectivity index (χ3v) is 3.00. The van der Waals surface area contributed by atoms with E-state index in [4.69, 9.17) is 0 Å². The molecule has 0 radical (unpaired) electrons. The molecule has 0 aliphatic heterocycles. The van der Waals surface area contributed by atoms with Gasteiger partial charge < -0.3 is 5.11 Å². The molecule has 3 aromatic rings. The van der Waals surface area contributed by atoms with E-state index in [9.17, 15) is 9.90 Å². The Hall–Kier alpha value is -2.62. The number of aromatic nitrogens is 2. The normalized spacial score (nSPS) is 10.8. The first kappa shape index (κ1) is 11.5. The number of pyridine rings is 2. The molecule has 2 heterocycles. The summed E-state index contributed by atoms with van der Waals surface area (Å²) in [7, 11) is 0. The molecule has 19 heavy (non-hydrogen) atoms. The molecule has 4 nitrogen and oxygen atoms in total. The standard InChI is InChI=1S/C15H12N2O2/c1-10-7-8-12-13(18)9-14(19)17(15(12)16-10)11-5-3-2-4-6-11/h2-9,18H,1H3. The minimum absolute atomic E-state index is 0.0420. The Labute approximate surface area is 109 Å². The summed E-state index contributed by atoms with van der Waals surface area (Å²) in [6, 6.07) is 14.1. The smallest absolute Gasteiger partial charge is 0.260 e. The van der Waals surface area contributed by atoms with Crippen molar-refractivity contribution < 1.29 is 5.11 Å². The average molecular weight is 252 g/mol. The van der Waals surface area contributed by atoms with E-state index in [1.807, 2.05) is 43.3 Å². The molecule has 94 valence electrons. The third-order valence-electron chi connectivity index (χ3n) is 3.00. The first-order chi connectivity index (χ1) is 9.16. The second-order valence-electron chi connectivity index (χ2n) is 4.36. The molecule has 0 aliphatic carbocycles. The van der Waals surface area contributed by atoms with E-state index in [2.05, 4.69) is 4.98 Å². The fraction of sp³-hybridized carbons (Fsp3) is 0.0667. The van der Waals surface area contributed by atoms with Crippen LogP contribution in [0.2, 0.25) is 0 Å². The van der Waals surface area contributed by atoms with Gasteiger partial charge in [-0.25, -0.2) is 4.98 Å². The van der Waals surface area contributed by atoms with Crippen LogP contribution in [-0.2, 0) is 0 Å². The summed E-state index contributed by atoms with van der Waals surface area (Å²) in [6.07, 6.45) is 0. The summed E-state index contributed by atoms with van der Waals surface area (Å²) in [5, 5.41) is 10.4. The van der Waals surface area contributed by atoms with Crippen LogP contribution in [-0.4, -0.2) is 14.7 Å². The zero-order valence-electron chi connectivity index (χ0n) is 10.4. The van der Waals surface area contributed by atoms with Crippen LogP contribution in [0.3, 0.4) is 0 Å². The van der Waals surface area contributed by atoms with Crippen LogP contribution in [0.4, 0.5) is 0 Å². The van der Waals surface area contributed by atoms with Crippen molar-refractivity contribution in [3.63, 3.8) is 0 Å². The van der Waals surface area contributed by atoms with E-state index in [1.165, 1.54) is 10.6 Å². The molecule has 0 aliphatic rings. The lowest BCUT2D eigenvalue weighted by Gasteiger charge is -2.10. The van der Waals surface area contributed by atoms with E-state index in [0.29, 0.717) is 11.0 Å². The second-order valence-corrected chi connectivity index (χ2v) is 4.36. The summed E-state index contributed by atoms with van der Waals surface area (Å²) in [6.45, 7) is 1.85. The third kappa shape index (κ3) is 1.87. The summed E-state index contributed by atoms with van der Waals surface area (Å²) < 4.78 is 1.50. The Balaban J connectivity index is 2.48. The summed E-state index contributed by atoms with van der Waals surface area (Å²) >= 11 is 0. The van der Waals surface area contributed by atoms with Crippen molar-refractivity contribution >= 4 is 11.0 Å². The lowest BCUT2D eigenvalue weighted by molar-refractivity contribution is 0.480. The van der Waals surface area contributed by atoms with Gasteiger partial charge in [0.25, 0.3) is 5.56 Å². The fourth-order valence-corrected chi connectivity index (χ4v) is 2.10. The molecule has 2 aromatic heterocycles. The van der Waals surface area contributed by atoms with E-state index in [0.717, 1.165) is 11.4 Å². The van der Waals surface area contributed by atoms with Crippen molar-refractivity contribution in [2.24, 2.45) is 0 Å². The van der Waals surface area contributed by atoms with Crippen LogP contribution >= 0.6 is 0 Å². The molecule has 0 fully saturated rings. The fourth-order valence-electron chi connectivity index (χ4n) is 2.10. The Bertz CT molecular complexity index is 807. The first-order valence-corrected chi connectivity index (χ1v) is 5.94. The van der Waals surface area contributed by atoms with Crippen molar-refractivity contribution in [2.75, 3.05) is 0 Å². The molecule has 0 atom stereocenters. The summed E-state index contributed by atoms with van der Waals surface area (Å²) in [5.41, 5.74) is 1.70. The average Bonchev–Trinajstić information content (AvgIpc) is 2.39. The molecular formula is C15H12N2O2. The van der Waals surface area contributed by atoms with Gasteiger partial charge in [0.15, 0.2) is 5.65 Å². The molecule has 4 heteroatoms. The number of fused-ring (bicyclic) bond motifs is 1. The number of rotatable bonds is 1. The van der Waals surface area contributed by atoms with Gasteiger partial charge in [0.05, 0.1) is 11.1 Å². The predicted octanol–water partition coefficient (Wildman–Crippen LogP) is 2.40. The van der Waals surface area contributed by atoms with Gasteiger partial charge in [-0.2, -0.15) is 0 Å². The Morgan fingerprint density at radius 1 is 1.11 bits per heavy atom. The van der Waals surface area contributed by atoms with Crippen molar-refractivity contribution in [1.29, 1.82) is 0 Å². The molecule has 3 rings (SSSR count). The van der Waals surface area contributed by atoms with Crippen LogP contribution in [0.1, 0.15) is 5.69 Å². The minimum Gasteiger partial charge on any atom is -0.507 e. The highest BCUT2D eigenvalue weighted by Crippen LogP contribution is 2.23. The monoisotopic (exact) mass is 252 g/mol. The molecule has 0 saturated heterocycles. The topological polar surface area (TPSA) is 55.1 Å². The number of hydrogen-bond acceptors (Lipinski definition) is 3. The number of hydrogen-bond donors (Lipinski definition) is 1. The van der Waals surface area contributed by atoms with Crippen LogP contribution in [0.15, 0.2) is 53.3 Å². The zero-order valence-corrected chi connectivity index (χ0v) is 10.4.